The number of benzene rings is 1. The van der Waals surface area contributed by atoms with Crippen LogP contribution in [0.15, 0.2) is 41.8 Å². The van der Waals surface area contributed by atoms with Crippen LogP contribution >= 0.6 is 22.7 Å². The van der Waals surface area contributed by atoms with Gasteiger partial charge in [-0.3, -0.25) is 4.79 Å². The number of hydrogen-bond donors (Lipinski definition) is 1. The Labute approximate surface area is 163 Å². The predicted octanol–water partition coefficient (Wildman–Crippen LogP) is 4.88. The zero-order valence-electron chi connectivity index (χ0n) is 14.6. The summed E-state index contributed by atoms with van der Waals surface area (Å²) >= 11 is 2.55. The normalized spacial score (nSPS) is 10.5. The number of rotatable bonds is 6. The third-order valence-electron chi connectivity index (χ3n) is 3.60. The van der Waals surface area contributed by atoms with E-state index in [2.05, 4.69) is 5.32 Å². The standard InChI is InChI=1S/C19H16FNO4S2/c1-11-7-13(19(23)24-2)18(27-11)21-17(22)16-8-12(10-26-16)9-25-15-6-4-3-5-14(15)20/h3-8,10H,9H2,1-2H3,(H,21,22). The molecule has 0 bridgehead atoms. The minimum absolute atomic E-state index is 0.149. The van der Waals surface area contributed by atoms with Gasteiger partial charge in [0.1, 0.15) is 11.6 Å². The predicted molar refractivity (Wildman–Crippen MR) is 103 cm³/mol. The van der Waals surface area contributed by atoms with Gasteiger partial charge in [0.25, 0.3) is 5.91 Å². The SMILES string of the molecule is COC(=O)c1cc(C)sc1NC(=O)c1cc(COc2ccccc2F)cs1. The second kappa shape index (κ2) is 8.32. The number of anilines is 1. The van der Waals surface area contributed by atoms with Gasteiger partial charge < -0.3 is 14.8 Å². The number of nitrogens with one attached hydrogen (secondary N) is 1. The lowest BCUT2D eigenvalue weighted by atomic mass is 10.3. The smallest absolute Gasteiger partial charge is 0.340 e. The second-order valence-electron chi connectivity index (χ2n) is 5.58. The number of halogens is 1. The lowest BCUT2D eigenvalue weighted by molar-refractivity contribution is 0.0602. The Morgan fingerprint density at radius 3 is 2.74 bits per heavy atom. The molecule has 2 heterocycles. The van der Waals surface area contributed by atoms with Crippen molar-refractivity contribution in [3.63, 3.8) is 0 Å². The summed E-state index contributed by atoms with van der Waals surface area (Å²) < 4.78 is 23.8. The maximum Gasteiger partial charge on any atom is 0.340 e. The lowest BCUT2D eigenvalue weighted by Crippen LogP contribution is -2.12. The van der Waals surface area contributed by atoms with Gasteiger partial charge in [0.05, 0.1) is 17.6 Å². The zero-order valence-corrected chi connectivity index (χ0v) is 16.2. The van der Waals surface area contributed by atoms with Crippen molar-refractivity contribution in [1.82, 2.24) is 0 Å². The van der Waals surface area contributed by atoms with Crippen LogP contribution in [0.2, 0.25) is 0 Å². The topological polar surface area (TPSA) is 64.6 Å². The van der Waals surface area contributed by atoms with Gasteiger partial charge in [0, 0.05) is 10.4 Å². The largest absolute Gasteiger partial charge is 0.486 e. The summed E-state index contributed by atoms with van der Waals surface area (Å²) in [6, 6.07) is 9.50. The van der Waals surface area contributed by atoms with Crippen molar-refractivity contribution in [3.8, 4) is 5.75 Å². The highest BCUT2D eigenvalue weighted by Crippen LogP contribution is 2.29. The first-order valence-corrected chi connectivity index (χ1v) is 9.62. The molecule has 0 aliphatic carbocycles. The first-order chi connectivity index (χ1) is 13.0. The van der Waals surface area contributed by atoms with Gasteiger partial charge in [-0.15, -0.1) is 22.7 Å². The van der Waals surface area contributed by atoms with E-state index in [1.807, 2.05) is 6.92 Å². The van der Waals surface area contributed by atoms with Crippen molar-refractivity contribution in [2.24, 2.45) is 0 Å². The van der Waals surface area contributed by atoms with Crippen LogP contribution in [0.1, 0.15) is 30.5 Å². The molecule has 3 aromatic rings. The Balaban J connectivity index is 1.67. The minimum Gasteiger partial charge on any atom is -0.486 e. The number of esters is 1. The number of hydrogen-bond acceptors (Lipinski definition) is 6. The van der Waals surface area contributed by atoms with E-state index in [0.717, 1.165) is 10.4 Å². The number of ether oxygens (including phenoxy) is 2. The molecule has 140 valence electrons. The number of carbonyl (C=O) groups excluding carboxylic acids is 2. The van der Waals surface area contributed by atoms with Crippen molar-refractivity contribution in [2.75, 3.05) is 12.4 Å². The average Bonchev–Trinajstić information content (AvgIpc) is 3.27. The molecule has 27 heavy (non-hydrogen) atoms. The van der Waals surface area contributed by atoms with Crippen molar-refractivity contribution in [1.29, 1.82) is 0 Å². The summed E-state index contributed by atoms with van der Waals surface area (Å²) in [7, 11) is 1.29. The van der Waals surface area contributed by atoms with Crippen LogP contribution in [0.4, 0.5) is 9.39 Å². The highest BCUT2D eigenvalue weighted by molar-refractivity contribution is 7.17. The molecule has 0 saturated carbocycles. The van der Waals surface area contributed by atoms with Crippen LogP contribution in [0, 0.1) is 12.7 Å². The van der Waals surface area contributed by atoms with E-state index in [-0.39, 0.29) is 18.3 Å². The number of methoxy groups -OCH3 is 1. The van der Waals surface area contributed by atoms with Gasteiger partial charge in [-0.25, -0.2) is 9.18 Å². The maximum atomic E-state index is 13.6. The lowest BCUT2D eigenvalue weighted by Gasteiger charge is -2.05. The number of amides is 1. The molecule has 0 aliphatic rings. The molecule has 2 aromatic heterocycles. The van der Waals surface area contributed by atoms with Gasteiger partial charge in [-0.1, -0.05) is 12.1 Å². The molecule has 0 fully saturated rings. The Morgan fingerprint density at radius 1 is 1.22 bits per heavy atom. The Morgan fingerprint density at radius 2 is 2.00 bits per heavy atom. The fourth-order valence-electron chi connectivity index (χ4n) is 2.33. The fourth-order valence-corrected chi connectivity index (χ4v) is 4.01. The first kappa shape index (κ1) is 19.1. The second-order valence-corrected chi connectivity index (χ2v) is 7.75. The number of aryl methyl sites for hydroxylation is 1. The van der Waals surface area contributed by atoms with Gasteiger partial charge in [-0.05, 0) is 36.6 Å². The maximum absolute atomic E-state index is 13.6. The molecule has 1 amide bonds. The molecule has 0 radical (unpaired) electrons. The molecule has 5 nitrogen and oxygen atoms in total. The third-order valence-corrected chi connectivity index (χ3v) is 5.54. The van der Waals surface area contributed by atoms with Crippen LogP contribution in [0.3, 0.4) is 0 Å². The molecule has 0 saturated heterocycles. The van der Waals surface area contributed by atoms with Gasteiger partial charge in [0.2, 0.25) is 0 Å². The van der Waals surface area contributed by atoms with Crippen molar-refractivity contribution in [2.45, 2.75) is 13.5 Å². The third kappa shape index (κ3) is 4.53. The number of para-hydroxylation sites is 1. The molecule has 1 N–H and O–H groups in total. The fraction of sp³-hybridized carbons (Fsp3) is 0.158. The quantitative estimate of drug-likeness (QED) is 0.594. The molecular formula is C19H16FNO4S2. The van der Waals surface area contributed by atoms with Crippen molar-refractivity contribution in [3.05, 3.63) is 68.5 Å². The number of thiophene rings is 2. The Hall–Kier alpha value is -2.71. The molecule has 0 atom stereocenters. The van der Waals surface area contributed by atoms with Crippen LogP contribution in [-0.4, -0.2) is 19.0 Å². The van der Waals surface area contributed by atoms with Crippen molar-refractivity contribution < 1.29 is 23.5 Å². The summed E-state index contributed by atoms with van der Waals surface area (Å²) in [5, 5.41) is 4.97. The molecular weight excluding hydrogens is 389 g/mol. The Bertz CT molecular complexity index is 980. The van der Waals surface area contributed by atoms with E-state index in [1.54, 1.807) is 35.7 Å². The van der Waals surface area contributed by atoms with Gasteiger partial charge in [-0.2, -0.15) is 0 Å². The monoisotopic (exact) mass is 405 g/mol. The highest BCUT2D eigenvalue weighted by atomic mass is 32.1. The van der Waals surface area contributed by atoms with Crippen LogP contribution in [-0.2, 0) is 11.3 Å². The summed E-state index contributed by atoms with van der Waals surface area (Å²) in [6.45, 7) is 1.99. The summed E-state index contributed by atoms with van der Waals surface area (Å²) in [6.07, 6.45) is 0. The average molecular weight is 405 g/mol. The Kier molecular flexibility index (Phi) is 5.88. The summed E-state index contributed by atoms with van der Waals surface area (Å²) in [5.74, 6) is -1.11. The van der Waals surface area contributed by atoms with E-state index in [4.69, 9.17) is 9.47 Å². The van der Waals surface area contributed by atoms with Crippen LogP contribution in [0.25, 0.3) is 0 Å². The van der Waals surface area contributed by atoms with Crippen LogP contribution in [0.5, 0.6) is 5.75 Å². The highest BCUT2D eigenvalue weighted by Gasteiger charge is 2.19. The van der Waals surface area contributed by atoms with E-state index >= 15 is 0 Å². The summed E-state index contributed by atoms with van der Waals surface area (Å²) in [4.78, 5) is 25.6. The number of carbonyl (C=O) groups is 2. The molecule has 0 aliphatic heterocycles. The van der Waals surface area contributed by atoms with Crippen LogP contribution < -0.4 is 10.1 Å². The van der Waals surface area contributed by atoms with E-state index in [0.29, 0.717) is 15.4 Å². The zero-order chi connectivity index (χ0) is 19.4. The van der Waals surface area contributed by atoms with E-state index < -0.39 is 11.8 Å². The molecule has 0 unspecified atom stereocenters. The molecule has 0 spiro atoms. The molecule has 1 aromatic carbocycles. The molecule has 3 rings (SSSR count). The van der Waals surface area contributed by atoms with E-state index in [9.17, 15) is 14.0 Å². The van der Waals surface area contributed by atoms with Gasteiger partial charge >= 0.3 is 5.97 Å². The van der Waals surface area contributed by atoms with E-state index in [1.165, 1.54) is 35.8 Å². The first-order valence-electron chi connectivity index (χ1n) is 7.92. The van der Waals surface area contributed by atoms with Crippen molar-refractivity contribution >= 4 is 39.6 Å². The van der Waals surface area contributed by atoms with Gasteiger partial charge in [0.15, 0.2) is 11.6 Å². The summed E-state index contributed by atoms with van der Waals surface area (Å²) in [5.41, 5.74) is 1.08. The molecule has 8 heteroatoms. The minimum atomic E-state index is -0.500.